The van der Waals surface area contributed by atoms with Crippen LogP contribution in [-0.4, -0.2) is 69.4 Å². The maximum Gasteiger partial charge on any atom is 0.243 e. The Morgan fingerprint density at radius 2 is 2.00 bits per heavy atom. The first-order valence-electron chi connectivity index (χ1n) is 13.8. The molecule has 0 radical (unpaired) electrons. The number of aliphatic hydroxyl groups is 2. The Kier molecular flexibility index (Phi) is 11.3. The van der Waals surface area contributed by atoms with Crippen molar-refractivity contribution in [2.24, 2.45) is 11.8 Å². The number of nitrogens with zero attached hydrogens (tertiary/aromatic N) is 2. The number of amides is 1. The van der Waals surface area contributed by atoms with Crippen LogP contribution in [0.4, 0.5) is 0 Å². The van der Waals surface area contributed by atoms with Gasteiger partial charge in [0.05, 0.1) is 30.5 Å². The molecule has 9 heteroatoms. The zero-order valence-electron chi connectivity index (χ0n) is 23.5. The summed E-state index contributed by atoms with van der Waals surface area (Å²) in [5.74, 6) is 0.882. The summed E-state index contributed by atoms with van der Waals surface area (Å²) in [6.07, 6.45) is 11.3. The average Bonchev–Trinajstić information content (AvgIpc) is 3.34. The smallest absolute Gasteiger partial charge is 0.243 e. The van der Waals surface area contributed by atoms with E-state index in [4.69, 9.17) is 14.0 Å². The van der Waals surface area contributed by atoms with Gasteiger partial charge in [-0.2, -0.15) is 4.98 Å². The maximum absolute atomic E-state index is 12.5. The maximum atomic E-state index is 12.5. The number of aromatic nitrogens is 2. The van der Waals surface area contributed by atoms with E-state index in [-0.39, 0.29) is 54.6 Å². The molecule has 2 aliphatic rings. The summed E-state index contributed by atoms with van der Waals surface area (Å²) >= 11 is 0. The molecule has 3 heterocycles. The minimum atomic E-state index is -0.706. The number of aryl methyl sites for hydroxylation is 1. The lowest BCUT2D eigenvalue weighted by Crippen LogP contribution is -2.50. The standard InChI is InChI=1S/C29H45N3O6/c1-7-23-15-22(16-33)28(35)26(37-23)12-9-17(2)8-11-25-19(4)14-24(20(5)36-25)31-27(34)13-10-18(3)29-30-21(6)38-32-29/h8-10,12-13,18-20,22-26,28,33,35H,7,11,14-16H2,1-6H3,(H,31,34)/b12-9+,13-10-,17-8+/t18?,19?,20?,22?,23-,24?,25?,26?,28+/m1/s1. The van der Waals surface area contributed by atoms with Crippen LogP contribution in [0.3, 0.4) is 0 Å². The van der Waals surface area contributed by atoms with E-state index in [1.54, 1.807) is 13.0 Å². The highest BCUT2D eigenvalue weighted by atomic mass is 16.5. The van der Waals surface area contributed by atoms with Gasteiger partial charge in [-0.15, -0.1) is 0 Å². The lowest BCUT2D eigenvalue weighted by atomic mass is 9.87. The Morgan fingerprint density at radius 3 is 2.66 bits per heavy atom. The number of rotatable bonds is 10. The van der Waals surface area contributed by atoms with Gasteiger partial charge in [0.25, 0.3) is 0 Å². The molecule has 1 amide bonds. The summed E-state index contributed by atoms with van der Waals surface area (Å²) < 4.78 is 17.3. The Bertz CT molecular complexity index is 989. The van der Waals surface area contributed by atoms with Gasteiger partial charge >= 0.3 is 0 Å². The van der Waals surface area contributed by atoms with E-state index in [1.807, 2.05) is 32.9 Å². The van der Waals surface area contributed by atoms with E-state index in [9.17, 15) is 15.0 Å². The molecule has 1 aromatic heterocycles. The number of carbonyl (C=O) groups is 1. The molecule has 2 saturated heterocycles. The highest BCUT2D eigenvalue weighted by Crippen LogP contribution is 2.29. The molecule has 1 aromatic rings. The first-order valence-corrected chi connectivity index (χ1v) is 13.8. The van der Waals surface area contributed by atoms with E-state index in [2.05, 4.69) is 35.4 Å². The van der Waals surface area contributed by atoms with Crippen LogP contribution < -0.4 is 5.32 Å². The average molecular weight is 532 g/mol. The predicted octanol–water partition coefficient (Wildman–Crippen LogP) is 3.77. The third kappa shape index (κ3) is 8.33. The first kappa shape index (κ1) is 30.2. The summed E-state index contributed by atoms with van der Waals surface area (Å²) in [5, 5.41) is 27.1. The minimum absolute atomic E-state index is 0.0356. The molecule has 2 fully saturated rings. The Hall–Kier alpha value is -2.33. The van der Waals surface area contributed by atoms with Crippen LogP contribution in [-0.2, 0) is 14.3 Å². The summed E-state index contributed by atoms with van der Waals surface area (Å²) in [6, 6.07) is -0.0676. The molecule has 0 aliphatic carbocycles. The third-order valence-corrected chi connectivity index (χ3v) is 7.68. The fraction of sp³-hybridized carbons (Fsp3) is 0.690. The molecular formula is C29H45N3O6. The topological polar surface area (TPSA) is 127 Å². The van der Waals surface area contributed by atoms with Gasteiger partial charge in [-0.3, -0.25) is 4.79 Å². The highest BCUT2D eigenvalue weighted by molar-refractivity contribution is 5.87. The van der Waals surface area contributed by atoms with Crippen molar-refractivity contribution in [1.82, 2.24) is 15.5 Å². The quantitative estimate of drug-likeness (QED) is 0.308. The molecule has 0 aromatic carbocycles. The second kappa shape index (κ2) is 14.2. The Balaban J connectivity index is 1.48. The normalized spacial score (nSPS) is 33.6. The molecule has 3 N–H and O–H groups in total. The Labute approximate surface area is 226 Å². The molecule has 2 aliphatic heterocycles. The molecule has 212 valence electrons. The number of allylic oxidation sites excluding steroid dienone is 3. The van der Waals surface area contributed by atoms with Crippen LogP contribution in [0, 0.1) is 18.8 Å². The lowest BCUT2D eigenvalue weighted by molar-refractivity contribution is -0.133. The largest absolute Gasteiger partial charge is 0.396 e. The summed E-state index contributed by atoms with van der Waals surface area (Å²) in [6.45, 7) is 11.8. The van der Waals surface area contributed by atoms with Gasteiger partial charge in [0.2, 0.25) is 11.8 Å². The van der Waals surface area contributed by atoms with E-state index in [1.165, 1.54) is 6.08 Å². The van der Waals surface area contributed by atoms with E-state index >= 15 is 0 Å². The second-order valence-corrected chi connectivity index (χ2v) is 10.9. The number of hydrogen-bond donors (Lipinski definition) is 3. The van der Waals surface area contributed by atoms with Crippen molar-refractivity contribution < 1.29 is 29.0 Å². The third-order valence-electron chi connectivity index (χ3n) is 7.68. The summed E-state index contributed by atoms with van der Waals surface area (Å²) in [4.78, 5) is 16.7. The van der Waals surface area contributed by atoms with Gasteiger partial charge in [0, 0.05) is 25.4 Å². The van der Waals surface area contributed by atoms with Crippen LogP contribution >= 0.6 is 0 Å². The van der Waals surface area contributed by atoms with Gasteiger partial charge in [0.15, 0.2) is 5.82 Å². The fourth-order valence-corrected chi connectivity index (χ4v) is 5.09. The lowest BCUT2D eigenvalue weighted by Gasteiger charge is -2.39. The number of hydrogen-bond acceptors (Lipinski definition) is 8. The monoisotopic (exact) mass is 531 g/mol. The van der Waals surface area contributed by atoms with E-state index < -0.39 is 12.2 Å². The van der Waals surface area contributed by atoms with E-state index in [0.29, 0.717) is 18.1 Å². The number of nitrogens with one attached hydrogen (secondary N) is 1. The molecule has 0 saturated carbocycles. The molecule has 0 spiro atoms. The van der Waals surface area contributed by atoms with Crippen molar-refractivity contribution in [3.63, 3.8) is 0 Å². The molecule has 0 bridgehead atoms. The van der Waals surface area contributed by atoms with Crippen molar-refractivity contribution in [3.05, 3.63) is 47.7 Å². The zero-order valence-corrected chi connectivity index (χ0v) is 23.5. The molecule has 7 unspecified atom stereocenters. The van der Waals surface area contributed by atoms with E-state index in [0.717, 1.165) is 24.8 Å². The van der Waals surface area contributed by atoms with Crippen molar-refractivity contribution in [2.75, 3.05) is 6.61 Å². The predicted molar refractivity (Wildman–Crippen MR) is 144 cm³/mol. The molecule has 9 nitrogen and oxygen atoms in total. The van der Waals surface area contributed by atoms with Crippen LogP contribution in [0.15, 0.2) is 40.5 Å². The van der Waals surface area contributed by atoms with Gasteiger partial charge in [0.1, 0.15) is 6.10 Å². The molecule has 9 atom stereocenters. The Morgan fingerprint density at radius 1 is 1.24 bits per heavy atom. The van der Waals surface area contributed by atoms with Gasteiger partial charge in [-0.05, 0) is 51.5 Å². The van der Waals surface area contributed by atoms with Gasteiger partial charge in [-0.25, -0.2) is 0 Å². The summed E-state index contributed by atoms with van der Waals surface area (Å²) in [7, 11) is 0. The van der Waals surface area contributed by atoms with Gasteiger partial charge in [-0.1, -0.05) is 55.8 Å². The number of ether oxygens (including phenoxy) is 2. The van der Waals surface area contributed by atoms with Crippen molar-refractivity contribution >= 4 is 5.91 Å². The molecule has 3 rings (SSSR count). The highest BCUT2D eigenvalue weighted by Gasteiger charge is 2.35. The number of aliphatic hydroxyl groups excluding tert-OH is 2. The fourth-order valence-electron chi connectivity index (χ4n) is 5.09. The van der Waals surface area contributed by atoms with Crippen molar-refractivity contribution in [1.29, 1.82) is 0 Å². The van der Waals surface area contributed by atoms with Crippen LogP contribution in [0.25, 0.3) is 0 Å². The molecular weight excluding hydrogens is 486 g/mol. The van der Waals surface area contributed by atoms with Gasteiger partial charge < -0.3 is 29.5 Å². The van der Waals surface area contributed by atoms with Crippen molar-refractivity contribution in [2.45, 2.75) is 110 Å². The minimum Gasteiger partial charge on any atom is -0.396 e. The van der Waals surface area contributed by atoms with Crippen LogP contribution in [0.2, 0.25) is 0 Å². The van der Waals surface area contributed by atoms with Crippen LogP contribution in [0.1, 0.15) is 77.9 Å². The second-order valence-electron chi connectivity index (χ2n) is 10.9. The number of carbonyl (C=O) groups excluding carboxylic acids is 1. The molecule has 38 heavy (non-hydrogen) atoms. The van der Waals surface area contributed by atoms with Crippen molar-refractivity contribution in [3.8, 4) is 0 Å². The first-order chi connectivity index (χ1) is 18.1. The summed E-state index contributed by atoms with van der Waals surface area (Å²) in [5.41, 5.74) is 1.06. The SMILES string of the molecule is CC[C@@H]1CC(CO)[C@H](O)C(/C=C/C(C)=C/CC2OC(C)C(NC(=O)/C=C\C(C)c3noc(C)n3)CC2C)O1. The zero-order chi connectivity index (χ0) is 27.8. The van der Waals surface area contributed by atoms with Crippen LogP contribution in [0.5, 0.6) is 0 Å².